The van der Waals surface area contributed by atoms with Crippen LogP contribution >= 0.6 is 11.6 Å². The van der Waals surface area contributed by atoms with E-state index < -0.39 is 9.84 Å². The SMILES string of the molecule is COc1cc(N2CCC(N3CCNCC3)CC2)ccc1Nc1ncc(Cl)c(Nc2ccccc2CS(C)(=O)=O)n1. The fourth-order valence-electron chi connectivity index (χ4n) is 5.33. The molecule has 0 spiro atoms. The third-order valence-electron chi connectivity index (χ3n) is 7.36. The van der Waals surface area contributed by atoms with Crippen LogP contribution < -0.4 is 25.6 Å². The van der Waals surface area contributed by atoms with Gasteiger partial charge in [0.25, 0.3) is 0 Å². The smallest absolute Gasteiger partial charge is 0.229 e. The van der Waals surface area contributed by atoms with E-state index in [0.717, 1.165) is 63.5 Å². The summed E-state index contributed by atoms with van der Waals surface area (Å²) in [6, 6.07) is 13.9. The Bertz CT molecular complexity index is 1430. The van der Waals surface area contributed by atoms with Crippen molar-refractivity contribution in [3.63, 3.8) is 0 Å². The lowest BCUT2D eigenvalue weighted by molar-refractivity contribution is 0.150. The Morgan fingerprint density at radius 3 is 2.52 bits per heavy atom. The second-order valence-electron chi connectivity index (χ2n) is 10.3. The van der Waals surface area contributed by atoms with E-state index in [1.807, 2.05) is 18.2 Å². The summed E-state index contributed by atoms with van der Waals surface area (Å²) in [6.07, 6.45) is 5.02. The summed E-state index contributed by atoms with van der Waals surface area (Å²) in [7, 11) is -1.57. The summed E-state index contributed by atoms with van der Waals surface area (Å²) >= 11 is 6.39. The van der Waals surface area contributed by atoms with Crippen molar-refractivity contribution in [3.8, 4) is 5.75 Å². The van der Waals surface area contributed by atoms with Gasteiger partial charge in [0.2, 0.25) is 5.95 Å². The number of piperazine rings is 1. The predicted molar refractivity (Wildman–Crippen MR) is 161 cm³/mol. The second kappa shape index (κ2) is 12.6. The molecule has 2 aliphatic heterocycles. The first-order valence-electron chi connectivity index (χ1n) is 13.5. The van der Waals surface area contributed by atoms with E-state index in [1.54, 1.807) is 25.3 Å². The van der Waals surface area contributed by atoms with Crippen LogP contribution in [0.1, 0.15) is 18.4 Å². The molecule has 3 heterocycles. The van der Waals surface area contributed by atoms with Gasteiger partial charge in [-0.05, 0) is 36.6 Å². The Morgan fingerprint density at radius 1 is 1.05 bits per heavy atom. The topological polar surface area (TPSA) is 112 Å². The van der Waals surface area contributed by atoms with Gasteiger partial charge in [0.15, 0.2) is 15.7 Å². The second-order valence-corrected chi connectivity index (χ2v) is 12.8. The molecule has 0 amide bonds. The van der Waals surface area contributed by atoms with Gasteiger partial charge in [0, 0.05) is 69.0 Å². The van der Waals surface area contributed by atoms with E-state index in [4.69, 9.17) is 16.3 Å². The third kappa shape index (κ3) is 7.14. The van der Waals surface area contributed by atoms with Gasteiger partial charge in [-0.25, -0.2) is 13.4 Å². The Hall–Kier alpha value is -3.12. The molecule has 10 nitrogen and oxygen atoms in total. The van der Waals surface area contributed by atoms with Crippen molar-refractivity contribution >= 4 is 50.3 Å². The molecule has 5 rings (SSSR count). The number of methoxy groups -OCH3 is 1. The van der Waals surface area contributed by atoms with E-state index >= 15 is 0 Å². The van der Waals surface area contributed by atoms with E-state index in [1.165, 1.54) is 12.5 Å². The first kappa shape index (κ1) is 28.4. The highest BCUT2D eigenvalue weighted by Gasteiger charge is 2.26. The first-order chi connectivity index (χ1) is 19.3. The number of aromatic nitrogens is 2. The van der Waals surface area contributed by atoms with Crippen molar-refractivity contribution < 1.29 is 13.2 Å². The number of hydrogen-bond donors (Lipinski definition) is 3. The maximum Gasteiger partial charge on any atom is 0.229 e. The van der Waals surface area contributed by atoms with Gasteiger partial charge in [-0.3, -0.25) is 4.90 Å². The molecule has 1 aromatic heterocycles. The average Bonchev–Trinajstić information content (AvgIpc) is 2.96. The number of halogens is 1. The van der Waals surface area contributed by atoms with Crippen LogP contribution in [0.3, 0.4) is 0 Å². The van der Waals surface area contributed by atoms with Crippen LogP contribution in [-0.2, 0) is 15.6 Å². The van der Waals surface area contributed by atoms with Crippen molar-refractivity contribution in [1.82, 2.24) is 20.2 Å². The van der Waals surface area contributed by atoms with Crippen LogP contribution in [0.4, 0.5) is 28.8 Å². The summed E-state index contributed by atoms with van der Waals surface area (Å²) in [4.78, 5) is 13.9. The lowest BCUT2D eigenvalue weighted by Gasteiger charge is -2.41. The highest BCUT2D eigenvalue weighted by molar-refractivity contribution is 7.89. The molecule has 3 aromatic rings. The Labute approximate surface area is 241 Å². The molecule has 12 heteroatoms. The van der Waals surface area contributed by atoms with Crippen LogP contribution in [0.15, 0.2) is 48.7 Å². The monoisotopic (exact) mass is 585 g/mol. The zero-order valence-electron chi connectivity index (χ0n) is 22.9. The summed E-state index contributed by atoms with van der Waals surface area (Å²) in [5.74, 6) is 1.28. The van der Waals surface area contributed by atoms with Gasteiger partial charge in [0.1, 0.15) is 10.8 Å². The number of para-hydroxylation sites is 1. The van der Waals surface area contributed by atoms with Gasteiger partial charge in [-0.2, -0.15) is 4.98 Å². The van der Waals surface area contributed by atoms with Gasteiger partial charge in [-0.1, -0.05) is 29.8 Å². The molecular formula is C28H36ClN7O3S. The van der Waals surface area contributed by atoms with Gasteiger partial charge in [0.05, 0.1) is 24.7 Å². The molecule has 0 atom stereocenters. The molecule has 2 aliphatic rings. The number of nitrogens with one attached hydrogen (secondary N) is 3. The van der Waals surface area contributed by atoms with E-state index in [2.05, 4.69) is 41.8 Å². The fraction of sp³-hybridized carbons (Fsp3) is 0.429. The molecule has 2 fully saturated rings. The van der Waals surface area contributed by atoms with Crippen molar-refractivity contribution in [3.05, 3.63) is 59.2 Å². The molecule has 0 radical (unpaired) electrons. The molecule has 0 aliphatic carbocycles. The number of piperidine rings is 1. The van der Waals surface area contributed by atoms with Crippen LogP contribution in [-0.4, -0.2) is 82.0 Å². The molecular weight excluding hydrogens is 550 g/mol. The number of ether oxygens (including phenoxy) is 1. The quantitative estimate of drug-likeness (QED) is 0.340. The highest BCUT2D eigenvalue weighted by atomic mass is 35.5. The molecule has 0 bridgehead atoms. The predicted octanol–water partition coefficient (Wildman–Crippen LogP) is 4.04. The van der Waals surface area contributed by atoms with Crippen molar-refractivity contribution in [1.29, 1.82) is 0 Å². The Balaban J connectivity index is 1.28. The number of nitrogens with zero attached hydrogens (tertiary/aromatic N) is 4. The minimum Gasteiger partial charge on any atom is -0.494 e. The lowest BCUT2D eigenvalue weighted by Crippen LogP contribution is -2.52. The van der Waals surface area contributed by atoms with E-state index in [0.29, 0.717) is 39.8 Å². The highest BCUT2D eigenvalue weighted by Crippen LogP contribution is 2.34. The number of rotatable bonds is 9. The molecule has 0 unspecified atom stereocenters. The average molecular weight is 586 g/mol. The Kier molecular flexibility index (Phi) is 8.94. The molecule has 40 heavy (non-hydrogen) atoms. The van der Waals surface area contributed by atoms with Gasteiger partial charge < -0.3 is 25.6 Å². The van der Waals surface area contributed by atoms with Crippen LogP contribution in [0.5, 0.6) is 5.75 Å². The summed E-state index contributed by atoms with van der Waals surface area (Å²) in [5.41, 5.74) is 3.10. The zero-order chi connectivity index (χ0) is 28.1. The molecule has 2 saturated heterocycles. The zero-order valence-corrected chi connectivity index (χ0v) is 24.4. The van der Waals surface area contributed by atoms with Crippen LogP contribution in [0, 0.1) is 0 Å². The fourth-order valence-corrected chi connectivity index (χ4v) is 6.28. The molecule has 2 aromatic carbocycles. The number of anilines is 5. The Morgan fingerprint density at radius 2 is 1.80 bits per heavy atom. The van der Waals surface area contributed by atoms with Crippen LogP contribution in [0.2, 0.25) is 5.02 Å². The lowest BCUT2D eigenvalue weighted by atomic mass is 10.0. The molecule has 3 N–H and O–H groups in total. The summed E-state index contributed by atoms with van der Waals surface area (Å²) in [6.45, 7) is 6.46. The standard InChI is InChI=1S/C28H36ClN7O3S/c1-39-26-17-22(35-13-9-21(10-14-35)36-15-11-30-12-16-36)7-8-25(26)33-28-31-18-23(29)27(34-28)32-24-6-4-3-5-20(24)19-40(2,37)38/h3-8,17-18,21,30H,9-16,19H2,1-2H3,(H2,31,32,33,34). The first-order valence-corrected chi connectivity index (χ1v) is 15.9. The molecule has 0 saturated carbocycles. The minimum absolute atomic E-state index is 0.0963. The number of benzene rings is 2. The van der Waals surface area contributed by atoms with Crippen molar-refractivity contribution in [2.24, 2.45) is 0 Å². The molecule has 214 valence electrons. The van der Waals surface area contributed by atoms with Gasteiger partial charge in [-0.15, -0.1) is 0 Å². The minimum atomic E-state index is -3.22. The van der Waals surface area contributed by atoms with E-state index in [-0.39, 0.29) is 5.75 Å². The number of sulfone groups is 1. The maximum atomic E-state index is 11.9. The van der Waals surface area contributed by atoms with Gasteiger partial charge >= 0.3 is 0 Å². The summed E-state index contributed by atoms with van der Waals surface area (Å²) < 4.78 is 29.5. The number of hydrogen-bond acceptors (Lipinski definition) is 10. The third-order valence-corrected chi connectivity index (χ3v) is 8.47. The van der Waals surface area contributed by atoms with E-state index in [9.17, 15) is 8.42 Å². The largest absolute Gasteiger partial charge is 0.494 e. The van der Waals surface area contributed by atoms with Crippen molar-refractivity contribution in [2.45, 2.75) is 24.6 Å². The maximum absolute atomic E-state index is 11.9. The normalized spacial score (nSPS) is 17.0. The van der Waals surface area contributed by atoms with Crippen LogP contribution in [0.25, 0.3) is 0 Å². The summed E-state index contributed by atoms with van der Waals surface area (Å²) in [5, 5.41) is 10.2. The van der Waals surface area contributed by atoms with Crippen molar-refractivity contribution in [2.75, 3.05) is 68.2 Å².